The van der Waals surface area contributed by atoms with Crippen molar-refractivity contribution in [2.45, 2.75) is 25.9 Å². The van der Waals surface area contributed by atoms with Gasteiger partial charge in [0.1, 0.15) is 0 Å². The van der Waals surface area contributed by atoms with Crippen molar-refractivity contribution in [2.24, 2.45) is 0 Å². The zero-order valence-corrected chi connectivity index (χ0v) is 8.13. The van der Waals surface area contributed by atoms with Gasteiger partial charge in [0, 0.05) is 12.3 Å². The summed E-state index contributed by atoms with van der Waals surface area (Å²) in [6.07, 6.45) is 3.35. The molecule has 0 spiro atoms. The quantitative estimate of drug-likeness (QED) is 0.521. The topological polar surface area (TPSA) is 57.5 Å². The van der Waals surface area contributed by atoms with Gasteiger partial charge in [0.25, 0.3) is 0 Å². The molecule has 0 saturated heterocycles. The summed E-state index contributed by atoms with van der Waals surface area (Å²) < 4.78 is 11.3. The molecule has 1 aliphatic carbocycles. The fourth-order valence-corrected chi connectivity index (χ4v) is 2.45. The zero-order valence-electron chi connectivity index (χ0n) is 7.23. The van der Waals surface area contributed by atoms with E-state index in [0.717, 1.165) is 5.57 Å². The molecule has 0 fully saturated rings. The van der Waals surface area contributed by atoms with Crippen LogP contribution in [-0.4, -0.2) is 28.4 Å². The largest absolute Gasteiger partial charge is 0.392 e. The maximum atomic E-state index is 11.3. The highest BCUT2D eigenvalue weighted by molar-refractivity contribution is 7.58. The molecule has 2 N–H and O–H groups in total. The van der Waals surface area contributed by atoms with E-state index >= 15 is 0 Å². The number of hydrogen-bond donors (Lipinski definition) is 2. The van der Waals surface area contributed by atoms with Crippen LogP contribution in [0.15, 0.2) is 11.6 Å². The third-order valence-corrected chi connectivity index (χ3v) is 4.01. The van der Waals surface area contributed by atoms with Crippen LogP contribution in [0.4, 0.5) is 0 Å². The Balaban J connectivity index is 2.48. The van der Waals surface area contributed by atoms with E-state index in [4.69, 9.17) is 5.11 Å². The molecule has 0 amide bonds. The first-order chi connectivity index (χ1) is 5.53. The number of rotatable bonds is 3. The van der Waals surface area contributed by atoms with Crippen molar-refractivity contribution in [1.82, 2.24) is 0 Å². The molecule has 0 bridgehead atoms. The molecule has 4 heteroatoms. The lowest BCUT2D eigenvalue weighted by Crippen LogP contribution is -2.01. The Hall–Kier alpha value is -0.110. The Labute approximate surface area is 72.6 Å². The summed E-state index contributed by atoms with van der Waals surface area (Å²) in [6.45, 7) is 1.71. The van der Waals surface area contributed by atoms with E-state index in [0.29, 0.717) is 19.0 Å². The Bertz CT molecular complexity index is 234. The zero-order chi connectivity index (χ0) is 9.19. The molecule has 2 unspecified atom stereocenters. The Morgan fingerprint density at radius 2 is 2.42 bits per heavy atom. The standard InChI is InChI=1S/C8H15O3P/c1-2-12(10,11)6-7-3-4-8(9)5-7/h3,8-9H,2,4-6H2,1H3,(H,10,11). The van der Waals surface area contributed by atoms with E-state index in [9.17, 15) is 9.46 Å². The molecule has 2 atom stereocenters. The van der Waals surface area contributed by atoms with Crippen LogP contribution in [0.3, 0.4) is 0 Å². The maximum Gasteiger partial charge on any atom is 0.204 e. The molecule has 1 rings (SSSR count). The molecule has 3 nitrogen and oxygen atoms in total. The van der Waals surface area contributed by atoms with Crippen LogP contribution in [0.5, 0.6) is 0 Å². The van der Waals surface area contributed by atoms with Crippen molar-refractivity contribution in [3.63, 3.8) is 0 Å². The summed E-state index contributed by atoms with van der Waals surface area (Å²) in [5.74, 6) is 0. The van der Waals surface area contributed by atoms with E-state index in [1.807, 2.05) is 6.08 Å². The Morgan fingerprint density at radius 1 is 1.75 bits per heavy atom. The van der Waals surface area contributed by atoms with Crippen LogP contribution in [0.2, 0.25) is 0 Å². The van der Waals surface area contributed by atoms with Crippen molar-refractivity contribution in [1.29, 1.82) is 0 Å². The molecule has 70 valence electrons. The molecular weight excluding hydrogens is 175 g/mol. The van der Waals surface area contributed by atoms with Crippen LogP contribution in [-0.2, 0) is 4.57 Å². The first-order valence-electron chi connectivity index (χ1n) is 4.20. The minimum atomic E-state index is -2.93. The SMILES string of the molecule is CCP(=O)(O)CC1=CCC(O)C1. The predicted molar refractivity (Wildman–Crippen MR) is 48.6 cm³/mol. The van der Waals surface area contributed by atoms with E-state index < -0.39 is 7.37 Å². The lowest BCUT2D eigenvalue weighted by Gasteiger charge is -2.09. The molecule has 0 aromatic heterocycles. The normalized spacial score (nSPS) is 28.2. The van der Waals surface area contributed by atoms with Gasteiger partial charge in [0.15, 0.2) is 0 Å². The molecule has 0 aromatic carbocycles. The Kier molecular flexibility index (Phi) is 3.10. The van der Waals surface area contributed by atoms with Crippen molar-refractivity contribution >= 4 is 7.37 Å². The molecular formula is C8H15O3P. The highest BCUT2D eigenvalue weighted by atomic mass is 31.2. The summed E-state index contributed by atoms with van der Waals surface area (Å²) in [4.78, 5) is 9.30. The molecule has 0 aromatic rings. The third-order valence-electron chi connectivity index (χ3n) is 2.12. The lowest BCUT2D eigenvalue weighted by atomic mass is 10.2. The molecule has 0 saturated carbocycles. The molecule has 1 aliphatic rings. The average molecular weight is 190 g/mol. The van der Waals surface area contributed by atoms with Gasteiger partial charge in [-0.15, -0.1) is 0 Å². The van der Waals surface area contributed by atoms with Gasteiger partial charge in [0.05, 0.1) is 6.10 Å². The van der Waals surface area contributed by atoms with Crippen molar-refractivity contribution in [3.8, 4) is 0 Å². The highest BCUT2D eigenvalue weighted by Gasteiger charge is 2.22. The second-order valence-electron chi connectivity index (χ2n) is 3.28. The first-order valence-corrected chi connectivity index (χ1v) is 6.23. The van der Waals surface area contributed by atoms with Crippen LogP contribution >= 0.6 is 7.37 Å². The second-order valence-corrected chi connectivity index (χ2v) is 5.92. The van der Waals surface area contributed by atoms with E-state index in [2.05, 4.69) is 0 Å². The number of aliphatic hydroxyl groups excluding tert-OH is 1. The number of aliphatic hydroxyl groups is 1. The minimum Gasteiger partial charge on any atom is -0.392 e. The summed E-state index contributed by atoms with van der Waals surface area (Å²) >= 11 is 0. The van der Waals surface area contributed by atoms with Gasteiger partial charge in [-0.3, -0.25) is 4.57 Å². The van der Waals surface area contributed by atoms with E-state index in [1.54, 1.807) is 6.92 Å². The smallest absolute Gasteiger partial charge is 0.204 e. The number of hydrogen-bond acceptors (Lipinski definition) is 2. The van der Waals surface area contributed by atoms with E-state index in [1.165, 1.54) is 0 Å². The fraction of sp³-hybridized carbons (Fsp3) is 0.750. The van der Waals surface area contributed by atoms with Crippen LogP contribution < -0.4 is 0 Å². The molecule has 0 aliphatic heterocycles. The van der Waals surface area contributed by atoms with Gasteiger partial charge < -0.3 is 10.00 Å². The third kappa shape index (κ3) is 2.74. The summed E-state index contributed by atoms with van der Waals surface area (Å²) in [7, 11) is -2.93. The molecule has 0 radical (unpaired) electrons. The van der Waals surface area contributed by atoms with Gasteiger partial charge in [0.2, 0.25) is 7.37 Å². The van der Waals surface area contributed by atoms with Crippen molar-refractivity contribution < 1.29 is 14.6 Å². The summed E-state index contributed by atoms with van der Waals surface area (Å²) in [5.41, 5.74) is 0.940. The lowest BCUT2D eigenvalue weighted by molar-refractivity contribution is 0.188. The van der Waals surface area contributed by atoms with Gasteiger partial charge in [-0.25, -0.2) is 0 Å². The van der Waals surface area contributed by atoms with Crippen molar-refractivity contribution in [2.75, 3.05) is 12.3 Å². The summed E-state index contributed by atoms with van der Waals surface area (Å²) in [5, 5.41) is 9.15. The monoisotopic (exact) mass is 190 g/mol. The summed E-state index contributed by atoms with van der Waals surface area (Å²) in [6, 6.07) is 0. The van der Waals surface area contributed by atoms with Crippen LogP contribution in [0, 0.1) is 0 Å². The first kappa shape index (κ1) is 9.97. The van der Waals surface area contributed by atoms with Crippen LogP contribution in [0.25, 0.3) is 0 Å². The molecule has 0 heterocycles. The minimum absolute atomic E-state index is 0.264. The Morgan fingerprint density at radius 3 is 2.83 bits per heavy atom. The van der Waals surface area contributed by atoms with Gasteiger partial charge in [-0.1, -0.05) is 18.6 Å². The van der Waals surface area contributed by atoms with Crippen molar-refractivity contribution in [3.05, 3.63) is 11.6 Å². The molecule has 12 heavy (non-hydrogen) atoms. The highest BCUT2D eigenvalue weighted by Crippen LogP contribution is 2.43. The van der Waals surface area contributed by atoms with Gasteiger partial charge in [-0.05, 0) is 12.8 Å². The predicted octanol–water partition coefficient (Wildman–Crippen LogP) is 1.36. The fourth-order valence-electron chi connectivity index (χ4n) is 1.33. The maximum absolute atomic E-state index is 11.3. The second kappa shape index (κ2) is 3.73. The van der Waals surface area contributed by atoms with Gasteiger partial charge in [-0.2, -0.15) is 0 Å². The van der Waals surface area contributed by atoms with E-state index in [-0.39, 0.29) is 12.3 Å². The van der Waals surface area contributed by atoms with Crippen LogP contribution in [0.1, 0.15) is 19.8 Å². The average Bonchev–Trinajstić information content (AvgIpc) is 2.35. The van der Waals surface area contributed by atoms with Gasteiger partial charge >= 0.3 is 0 Å².